The lowest BCUT2D eigenvalue weighted by Crippen LogP contribution is -2.29. The zero-order valence-corrected chi connectivity index (χ0v) is 19.2. The van der Waals surface area contributed by atoms with Gasteiger partial charge < -0.3 is 10.3 Å². The van der Waals surface area contributed by atoms with Gasteiger partial charge in [0.25, 0.3) is 0 Å². The molecule has 33 heavy (non-hydrogen) atoms. The predicted octanol–water partition coefficient (Wildman–Crippen LogP) is 2.82. The number of nitrogens with zero attached hydrogens (tertiary/aromatic N) is 1. The molecule has 1 amide bonds. The summed E-state index contributed by atoms with van der Waals surface area (Å²) >= 11 is 0. The molecule has 3 N–H and O–H groups in total. The lowest BCUT2D eigenvalue weighted by Gasteiger charge is -2.26. The number of nitrogens with one attached hydrogen (secondary N) is 3. The molecule has 0 unspecified atom stereocenters. The molecule has 1 aliphatic heterocycles. The Morgan fingerprint density at radius 1 is 0.970 bits per heavy atom. The van der Waals surface area contributed by atoms with Gasteiger partial charge in [-0.05, 0) is 73.3 Å². The van der Waals surface area contributed by atoms with Crippen LogP contribution in [0.1, 0.15) is 31.2 Å². The van der Waals surface area contributed by atoms with Crippen molar-refractivity contribution in [2.75, 3.05) is 25.0 Å². The van der Waals surface area contributed by atoms with E-state index < -0.39 is 10.0 Å². The Labute approximate surface area is 193 Å². The average molecular weight is 469 g/mol. The summed E-state index contributed by atoms with van der Waals surface area (Å²) in [4.78, 5) is 28.8. The zero-order valence-electron chi connectivity index (χ0n) is 18.3. The molecule has 1 aromatic heterocycles. The molecule has 0 saturated carbocycles. The first kappa shape index (κ1) is 23.2. The van der Waals surface area contributed by atoms with Gasteiger partial charge in [-0.15, -0.1) is 0 Å². The number of H-pyrrole nitrogens is 1. The Hall–Kier alpha value is -3.01. The maximum absolute atomic E-state index is 12.6. The third-order valence-corrected chi connectivity index (χ3v) is 7.20. The fraction of sp³-hybridized carbons (Fsp3) is 0.333. The van der Waals surface area contributed by atoms with Gasteiger partial charge in [0.15, 0.2) is 0 Å². The summed E-state index contributed by atoms with van der Waals surface area (Å²) < 4.78 is 27.6. The van der Waals surface area contributed by atoms with E-state index in [4.69, 9.17) is 0 Å². The predicted molar refractivity (Wildman–Crippen MR) is 129 cm³/mol. The van der Waals surface area contributed by atoms with E-state index in [0.29, 0.717) is 16.6 Å². The van der Waals surface area contributed by atoms with E-state index in [2.05, 4.69) is 19.9 Å². The van der Waals surface area contributed by atoms with Gasteiger partial charge in [-0.3, -0.25) is 14.5 Å². The van der Waals surface area contributed by atoms with Gasteiger partial charge in [-0.1, -0.05) is 18.6 Å². The largest absolute Gasteiger partial charge is 0.326 e. The summed E-state index contributed by atoms with van der Waals surface area (Å²) in [7, 11) is -3.78. The molecule has 0 radical (unpaired) electrons. The van der Waals surface area contributed by atoms with Crippen molar-refractivity contribution in [1.29, 1.82) is 0 Å². The molecule has 8 nitrogen and oxygen atoms in total. The van der Waals surface area contributed by atoms with Gasteiger partial charge >= 0.3 is 0 Å². The molecule has 2 heterocycles. The molecular weight excluding hydrogens is 440 g/mol. The topological polar surface area (TPSA) is 111 Å². The van der Waals surface area contributed by atoms with Gasteiger partial charge in [0.1, 0.15) is 0 Å². The number of hydrogen-bond acceptors (Lipinski definition) is 5. The van der Waals surface area contributed by atoms with Crippen LogP contribution in [0, 0.1) is 0 Å². The fourth-order valence-corrected chi connectivity index (χ4v) is 5.04. The molecule has 4 rings (SSSR count). The number of piperidine rings is 1. The number of aromatic amines is 1. The van der Waals surface area contributed by atoms with Gasteiger partial charge in [0, 0.05) is 36.8 Å². The van der Waals surface area contributed by atoms with Crippen LogP contribution in [-0.2, 0) is 21.4 Å². The summed E-state index contributed by atoms with van der Waals surface area (Å²) in [6.45, 7) is 3.16. The minimum Gasteiger partial charge on any atom is -0.326 e. The normalized spacial score (nSPS) is 14.9. The van der Waals surface area contributed by atoms with Crippen LogP contribution < -0.4 is 15.6 Å². The summed E-state index contributed by atoms with van der Waals surface area (Å²) in [6, 6.07) is 15.1. The molecule has 0 atom stereocenters. The highest BCUT2D eigenvalue weighted by atomic mass is 32.2. The van der Waals surface area contributed by atoms with Crippen molar-refractivity contribution in [2.24, 2.45) is 0 Å². The number of carbonyl (C=O) groups is 1. The summed E-state index contributed by atoms with van der Waals surface area (Å²) in [6.07, 6.45) is 3.82. The van der Waals surface area contributed by atoms with Crippen molar-refractivity contribution in [3.8, 4) is 0 Å². The molecular formula is C24H28N4O4S. The van der Waals surface area contributed by atoms with E-state index in [1.807, 2.05) is 24.3 Å². The third kappa shape index (κ3) is 6.28. The number of carbonyl (C=O) groups excluding carboxylic acids is 1. The maximum atomic E-state index is 12.6. The lowest BCUT2D eigenvalue weighted by molar-refractivity contribution is -0.116. The average Bonchev–Trinajstić information content (AvgIpc) is 2.80. The number of likely N-dealkylation sites (tertiary alicyclic amines) is 1. The first-order chi connectivity index (χ1) is 15.9. The van der Waals surface area contributed by atoms with Crippen LogP contribution in [0.3, 0.4) is 0 Å². The van der Waals surface area contributed by atoms with Crippen LogP contribution >= 0.6 is 0 Å². The SMILES string of the molecule is O=C(CCNS(=O)(=O)c1ccc2[nH]c(=O)ccc2c1)Nc1ccc(CN2CCCCC2)cc1. The van der Waals surface area contributed by atoms with Crippen molar-refractivity contribution < 1.29 is 13.2 Å². The van der Waals surface area contributed by atoms with E-state index in [1.54, 1.807) is 12.1 Å². The number of anilines is 1. The van der Waals surface area contributed by atoms with E-state index >= 15 is 0 Å². The van der Waals surface area contributed by atoms with Crippen molar-refractivity contribution >= 4 is 32.5 Å². The summed E-state index contributed by atoms with van der Waals surface area (Å²) in [5.74, 6) is -0.266. The number of aromatic nitrogens is 1. The Balaban J connectivity index is 1.27. The van der Waals surface area contributed by atoms with Crippen LogP contribution in [-0.4, -0.2) is 43.8 Å². The van der Waals surface area contributed by atoms with Crippen molar-refractivity contribution in [1.82, 2.24) is 14.6 Å². The fourth-order valence-electron chi connectivity index (χ4n) is 3.97. The number of pyridine rings is 1. The highest BCUT2D eigenvalue weighted by Crippen LogP contribution is 2.17. The zero-order chi connectivity index (χ0) is 23.3. The number of fused-ring (bicyclic) bond motifs is 1. The summed E-state index contributed by atoms with van der Waals surface area (Å²) in [5, 5.41) is 3.42. The maximum Gasteiger partial charge on any atom is 0.248 e. The van der Waals surface area contributed by atoms with Crippen molar-refractivity contribution in [3.05, 3.63) is 70.5 Å². The first-order valence-corrected chi connectivity index (χ1v) is 12.6. The minimum absolute atomic E-state index is 0.00958. The molecule has 0 bridgehead atoms. The molecule has 2 aromatic carbocycles. The monoisotopic (exact) mass is 468 g/mol. The number of sulfonamides is 1. The Kier molecular flexibility index (Phi) is 7.22. The Bertz CT molecular complexity index is 1280. The van der Waals surface area contributed by atoms with Crippen LogP contribution in [0.4, 0.5) is 5.69 Å². The highest BCUT2D eigenvalue weighted by Gasteiger charge is 2.15. The minimum atomic E-state index is -3.78. The van der Waals surface area contributed by atoms with Gasteiger partial charge in [-0.2, -0.15) is 0 Å². The second kappa shape index (κ2) is 10.3. The molecule has 174 valence electrons. The highest BCUT2D eigenvalue weighted by molar-refractivity contribution is 7.89. The number of rotatable bonds is 8. The first-order valence-electron chi connectivity index (χ1n) is 11.1. The van der Waals surface area contributed by atoms with Crippen molar-refractivity contribution in [3.63, 3.8) is 0 Å². The number of hydrogen-bond donors (Lipinski definition) is 3. The van der Waals surface area contributed by atoms with Crippen LogP contribution in [0.2, 0.25) is 0 Å². The van der Waals surface area contributed by atoms with Gasteiger partial charge in [0.2, 0.25) is 21.5 Å². The Morgan fingerprint density at radius 2 is 1.73 bits per heavy atom. The number of amides is 1. The molecule has 1 fully saturated rings. The molecule has 3 aromatic rings. The third-order valence-electron chi connectivity index (χ3n) is 5.74. The van der Waals surface area contributed by atoms with E-state index in [-0.39, 0.29) is 29.3 Å². The standard InChI is InChI=1S/C24H28N4O4S/c29-23-11-6-19-16-21(9-10-22(19)27-23)33(31,32)25-13-12-24(30)26-20-7-4-18(5-8-20)17-28-14-2-1-3-15-28/h4-11,16,25H,1-3,12-15,17H2,(H,26,30)(H,27,29). The van der Waals surface area contributed by atoms with E-state index in [9.17, 15) is 18.0 Å². The molecule has 0 aliphatic carbocycles. The van der Waals surface area contributed by atoms with E-state index in [0.717, 1.165) is 19.6 Å². The smallest absolute Gasteiger partial charge is 0.248 e. The molecule has 1 aliphatic rings. The van der Waals surface area contributed by atoms with Gasteiger partial charge in [-0.25, -0.2) is 13.1 Å². The molecule has 1 saturated heterocycles. The molecule has 9 heteroatoms. The second-order valence-electron chi connectivity index (χ2n) is 8.30. The lowest BCUT2D eigenvalue weighted by atomic mass is 10.1. The second-order valence-corrected chi connectivity index (χ2v) is 10.1. The van der Waals surface area contributed by atoms with Crippen LogP contribution in [0.15, 0.2) is 64.3 Å². The van der Waals surface area contributed by atoms with Crippen LogP contribution in [0.25, 0.3) is 10.9 Å². The van der Waals surface area contributed by atoms with Gasteiger partial charge in [0.05, 0.1) is 4.90 Å². The Morgan fingerprint density at radius 3 is 2.48 bits per heavy atom. The van der Waals surface area contributed by atoms with E-state index in [1.165, 1.54) is 43.0 Å². The number of benzene rings is 2. The summed E-state index contributed by atoms with van der Waals surface area (Å²) in [5.41, 5.74) is 2.21. The molecule has 0 spiro atoms. The van der Waals surface area contributed by atoms with Crippen molar-refractivity contribution in [2.45, 2.75) is 37.1 Å². The van der Waals surface area contributed by atoms with Crippen LogP contribution in [0.5, 0.6) is 0 Å². The quantitative estimate of drug-likeness (QED) is 0.471.